The first kappa shape index (κ1) is 13.2. The molecule has 3 heteroatoms. The van der Waals surface area contributed by atoms with Gasteiger partial charge in [-0.2, -0.15) is 0 Å². The number of aryl methyl sites for hydroxylation is 1. The Morgan fingerprint density at radius 1 is 1.38 bits per heavy atom. The fourth-order valence-corrected chi connectivity index (χ4v) is 3.06. The maximum atomic E-state index is 11.3. The maximum absolute atomic E-state index is 11.3. The lowest BCUT2D eigenvalue weighted by molar-refractivity contribution is -0.148. The van der Waals surface area contributed by atoms with Crippen LogP contribution in [0.2, 0.25) is 0 Å². The summed E-state index contributed by atoms with van der Waals surface area (Å²) in [5.74, 6) is -0.680. The molecule has 0 aliphatic heterocycles. The molecule has 1 unspecified atom stereocenters. The lowest BCUT2D eigenvalue weighted by Gasteiger charge is -2.23. The Bertz CT molecular complexity index is 357. The largest absolute Gasteiger partial charge is 0.481 e. The fourth-order valence-electron chi connectivity index (χ4n) is 1.91. The van der Waals surface area contributed by atoms with Crippen LogP contribution in [-0.4, -0.2) is 11.1 Å². The summed E-state index contributed by atoms with van der Waals surface area (Å²) >= 11 is 1.74. The molecule has 0 aromatic carbocycles. The van der Waals surface area contributed by atoms with Crippen molar-refractivity contribution in [1.82, 2.24) is 0 Å². The number of hydrogen-bond acceptors (Lipinski definition) is 2. The van der Waals surface area contributed by atoms with Crippen LogP contribution in [0.15, 0.2) is 12.1 Å². The van der Waals surface area contributed by atoms with Crippen LogP contribution in [-0.2, 0) is 17.6 Å². The van der Waals surface area contributed by atoms with E-state index in [2.05, 4.69) is 19.1 Å². The van der Waals surface area contributed by atoms with E-state index in [1.54, 1.807) is 11.3 Å². The quantitative estimate of drug-likeness (QED) is 0.822. The minimum Gasteiger partial charge on any atom is -0.481 e. The van der Waals surface area contributed by atoms with Gasteiger partial charge < -0.3 is 5.11 Å². The third-order valence-corrected chi connectivity index (χ3v) is 4.18. The normalized spacial score (nSPS) is 14.7. The molecule has 2 nitrogen and oxygen atoms in total. The number of aliphatic carboxylic acids is 1. The molecule has 1 N–H and O–H groups in total. The van der Waals surface area contributed by atoms with Crippen molar-refractivity contribution in [3.8, 4) is 0 Å². The van der Waals surface area contributed by atoms with E-state index in [1.165, 1.54) is 9.75 Å². The van der Waals surface area contributed by atoms with Gasteiger partial charge in [-0.05, 0) is 38.3 Å². The molecule has 0 spiro atoms. The van der Waals surface area contributed by atoms with Crippen molar-refractivity contribution in [2.24, 2.45) is 5.41 Å². The topological polar surface area (TPSA) is 37.3 Å². The Morgan fingerprint density at radius 3 is 2.44 bits per heavy atom. The molecule has 1 aromatic heterocycles. The van der Waals surface area contributed by atoms with Gasteiger partial charge in [0.2, 0.25) is 0 Å². The molecule has 1 atom stereocenters. The zero-order valence-electron chi connectivity index (χ0n) is 10.2. The number of thiophene rings is 1. The van der Waals surface area contributed by atoms with Gasteiger partial charge in [0, 0.05) is 9.75 Å². The van der Waals surface area contributed by atoms with Gasteiger partial charge in [-0.15, -0.1) is 11.3 Å². The van der Waals surface area contributed by atoms with Crippen molar-refractivity contribution in [3.05, 3.63) is 21.9 Å². The van der Waals surface area contributed by atoms with Crippen LogP contribution in [0.4, 0.5) is 0 Å². The lowest BCUT2D eigenvalue weighted by atomic mass is 9.82. The van der Waals surface area contributed by atoms with Gasteiger partial charge in [0.05, 0.1) is 5.41 Å². The highest BCUT2D eigenvalue weighted by Gasteiger charge is 2.32. The van der Waals surface area contributed by atoms with E-state index in [-0.39, 0.29) is 0 Å². The van der Waals surface area contributed by atoms with Gasteiger partial charge in [-0.1, -0.05) is 20.3 Å². The highest BCUT2D eigenvalue weighted by molar-refractivity contribution is 7.12. The highest BCUT2D eigenvalue weighted by atomic mass is 32.1. The summed E-state index contributed by atoms with van der Waals surface area (Å²) in [6, 6.07) is 4.18. The Labute approximate surface area is 101 Å². The van der Waals surface area contributed by atoms with E-state index in [4.69, 9.17) is 0 Å². The van der Waals surface area contributed by atoms with Crippen LogP contribution in [0.25, 0.3) is 0 Å². The van der Waals surface area contributed by atoms with E-state index in [0.717, 1.165) is 19.3 Å². The number of carbonyl (C=O) groups is 1. The van der Waals surface area contributed by atoms with Crippen molar-refractivity contribution >= 4 is 17.3 Å². The number of carboxylic acid groups (broad SMARTS) is 1. The summed E-state index contributed by atoms with van der Waals surface area (Å²) in [5, 5.41) is 9.29. The van der Waals surface area contributed by atoms with Crippen LogP contribution < -0.4 is 0 Å². The smallest absolute Gasteiger partial charge is 0.309 e. The second-order valence-corrected chi connectivity index (χ2v) is 5.77. The molecule has 0 radical (unpaired) electrons. The molecule has 0 fully saturated rings. The Kier molecular flexibility index (Phi) is 4.54. The van der Waals surface area contributed by atoms with Crippen molar-refractivity contribution in [2.45, 2.75) is 46.5 Å². The predicted molar refractivity (Wildman–Crippen MR) is 68.1 cm³/mol. The summed E-state index contributed by atoms with van der Waals surface area (Å²) in [6.07, 6.45) is 3.33. The first-order chi connectivity index (χ1) is 7.51. The SMILES string of the molecule is CCCC(C)(Cc1ccc(CC)s1)C(=O)O. The molecule has 1 aromatic rings. The second kappa shape index (κ2) is 5.48. The van der Waals surface area contributed by atoms with Gasteiger partial charge in [0.15, 0.2) is 0 Å². The summed E-state index contributed by atoms with van der Waals surface area (Å²) in [7, 11) is 0. The van der Waals surface area contributed by atoms with Crippen LogP contribution in [0, 0.1) is 5.41 Å². The first-order valence-electron chi connectivity index (χ1n) is 5.83. The average Bonchev–Trinajstić information content (AvgIpc) is 2.65. The predicted octanol–water partition coefficient (Wildman–Crippen LogP) is 3.74. The van der Waals surface area contributed by atoms with E-state index >= 15 is 0 Å². The monoisotopic (exact) mass is 240 g/mol. The average molecular weight is 240 g/mol. The Hall–Kier alpha value is -0.830. The molecule has 0 aliphatic rings. The Morgan fingerprint density at radius 2 is 2.00 bits per heavy atom. The number of carboxylic acids is 1. The molecule has 0 saturated carbocycles. The molecule has 16 heavy (non-hydrogen) atoms. The van der Waals surface area contributed by atoms with Gasteiger partial charge >= 0.3 is 5.97 Å². The van der Waals surface area contributed by atoms with Crippen molar-refractivity contribution in [3.63, 3.8) is 0 Å². The molecule has 0 amide bonds. The number of rotatable bonds is 6. The standard InChI is InChI=1S/C13H20O2S/c1-4-8-13(3,12(14)15)9-11-7-6-10(5-2)16-11/h6-7H,4-5,8-9H2,1-3H3,(H,14,15). The van der Waals surface area contributed by atoms with E-state index in [0.29, 0.717) is 6.42 Å². The van der Waals surface area contributed by atoms with Crippen LogP contribution in [0.5, 0.6) is 0 Å². The molecular weight excluding hydrogens is 220 g/mol. The van der Waals surface area contributed by atoms with Gasteiger partial charge in [-0.3, -0.25) is 4.79 Å². The summed E-state index contributed by atoms with van der Waals surface area (Å²) in [6.45, 7) is 6.01. The van der Waals surface area contributed by atoms with Gasteiger partial charge in [0.1, 0.15) is 0 Å². The van der Waals surface area contributed by atoms with Crippen molar-refractivity contribution in [2.75, 3.05) is 0 Å². The fraction of sp³-hybridized carbons (Fsp3) is 0.615. The van der Waals surface area contributed by atoms with Gasteiger partial charge in [0.25, 0.3) is 0 Å². The third-order valence-electron chi connectivity index (χ3n) is 2.95. The minimum absolute atomic E-state index is 0.607. The van der Waals surface area contributed by atoms with E-state index in [1.807, 2.05) is 13.8 Å². The molecule has 0 aliphatic carbocycles. The third kappa shape index (κ3) is 3.08. The summed E-state index contributed by atoms with van der Waals surface area (Å²) in [4.78, 5) is 13.8. The molecule has 1 rings (SSSR count). The van der Waals surface area contributed by atoms with Crippen molar-refractivity contribution < 1.29 is 9.90 Å². The number of hydrogen-bond donors (Lipinski definition) is 1. The molecule has 90 valence electrons. The lowest BCUT2D eigenvalue weighted by Crippen LogP contribution is -2.29. The van der Waals surface area contributed by atoms with Crippen molar-refractivity contribution in [1.29, 1.82) is 0 Å². The Balaban J connectivity index is 2.79. The zero-order chi connectivity index (χ0) is 12.2. The second-order valence-electron chi connectivity index (χ2n) is 4.51. The highest BCUT2D eigenvalue weighted by Crippen LogP contribution is 2.31. The summed E-state index contributed by atoms with van der Waals surface area (Å²) < 4.78 is 0. The molecule has 0 saturated heterocycles. The van der Waals surface area contributed by atoms with Crippen LogP contribution in [0.1, 0.15) is 43.4 Å². The molecule has 1 heterocycles. The maximum Gasteiger partial charge on any atom is 0.309 e. The minimum atomic E-state index is -0.680. The molecule has 0 bridgehead atoms. The first-order valence-corrected chi connectivity index (χ1v) is 6.64. The van der Waals surface area contributed by atoms with Crippen LogP contribution >= 0.6 is 11.3 Å². The van der Waals surface area contributed by atoms with E-state index < -0.39 is 11.4 Å². The zero-order valence-corrected chi connectivity index (χ0v) is 11.1. The van der Waals surface area contributed by atoms with E-state index in [9.17, 15) is 9.90 Å². The van der Waals surface area contributed by atoms with Gasteiger partial charge in [-0.25, -0.2) is 0 Å². The molecular formula is C13H20O2S. The van der Waals surface area contributed by atoms with Crippen LogP contribution in [0.3, 0.4) is 0 Å². The summed E-state index contributed by atoms with van der Waals surface area (Å²) in [5.41, 5.74) is -0.607.